The first-order valence-corrected chi connectivity index (χ1v) is 7.52. The first-order valence-electron chi connectivity index (χ1n) is 7.52. The van der Waals surface area contributed by atoms with Gasteiger partial charge in [-0.3, -0.25) is 4.90 Å². The molecule has 3 atom stereocenters. The van der Waals surface area contributed by atoms with Crippen molar-refractivity contribution in [3.05, 3.63) is 29.8 Å². The molecule has 0 aliphatic carbocycles. The van der Waals surface area contributed by atoms with E-state index in [1.807, 2.05) is 31.3 Å². The molecule has 0 amide bonds. The topological polar surface area (TPSA) is 68.0 Å². The fourth-order valence-electron chi connectivity index (χ4n) is 2.82. The maximum absolute atomic E-state index is 10.2. The minimum Gasteiger partial charge on any atom is -0.491 e. The molecule has 3 unspecified atom stereocenters. The first-order chi connectivity index (χ1) is 10.1. The summed E-state index contributed by atoms with van der Waals surface area (Å²) in [7, 11) is 2.02. The van der Waals surface area contributed by atoms with Crippen LogP contribution in [0.1, 0.15) is 18.9 Å². The van der Waals surface area contributed by atoms with Gasteiger partial charge in [0.2, 0.25) is 0 Å². The molecular weight excluding hydrogens is 268 g/mol. The molecule has 2 rings (SSSR count). The summed E-state index contributed by atoms with van der Waals surface area (Å²) in [5.74, 6) is 0.749. The molecule has 0 saturated carbocycles. The van der Waals surface area contributed by atoms with E-state index < -0.39 is 6.10 Å². The van der Waals surface area contributed by atoms with Crippen LogP contribution in [0.15, 0.2) is 24.3 Å². The molecule has 1 heterocycles. The van der Waals surface area contributed by atoms with E-state index in [2.05, 4.69) is 11.8 Å². The average Bonchev–Trinajstić information content (AvgIpc) is 2.91. The molecule has 1 fully saturated rings. The maximum atomic E-state index is 10.2. The van der Waals surface area contributed by atoms with Crippen molar-refractivity contribution in [1.29, 1.82) is 0 Å². The van der Waals surface area contributed by atoms with Crippen molar-refractivity contribution in [3.8, 4) is 5.75 Å². The summed E-state index contributed by atoms with van der Waals surface area (Å²) in [5, 5.41) is 10.2. The number of ether oxygens (including phenoxy) is 2. The van der Waals surface area contributed by atoms with Crippen molar-refractivity contribution >= 4 is 0 Å². The Hall–Kier alpha value is -1.14. The second-order valence-electron chi connectivity index (χ2n) is 5.65. The zero-order valence-electron chi connectivity index (χ0n) is 12.9. The molecule has 3 N–H and O–H groups in total. The molecule has 1 aliphatic heterocycles. The normalized spacial score (nSPS) is 23.5. The molecule has 21 heavy (non-hydrogen) atoms. The molecule has 1 aromatic carbocycles. The van der Waals surface area contributed by atoms with Gasteiger partial charge in [-0.1, -0.05) is 18.2 Å². The Labute approximate surface area is 126 Å². The van der Waals surface area contributed by atoms with E-state index in [1.165, 1.54) is 0 Å². The van der Waals surface area contributed by atoms with Gasteiger partial charge < -0.3 is 20.3 Å². The third-order valence-electron chi connectivity index (χ3n) is 4.02. The van der Waals surface area contributed by atoms with E-state index in [1.54, 1.807) is 0 Å². The highest BCUT2D eigenvalue weighted by atomic mass is 16.5. The van der Waals surface area contributed by atoms with Crippen molar-refractivity contribution < 1.29 is 14.6 Å². The van der Waals surface area contributed by atoms with Crippen LogP contribution in [0.4, 0.5) is 0 Å². The summed E-state index contributed by atoms with van der Waals surface area (Å²) >= 11 is 0. The smallest absolute Gasteiger partial charge is 0.123 e. The van der Waals surface area contributed by atoms with Gasteiger partial charge in [0, 0.05) is 31.3 Å². The molecule has 1 aromatic rings. The Balaban J connectivity index is 1.80. The quantitative estimate of drug-likeness (QED) is 0.785. The standard InChI is InChI=1S/C16H26N2O3/c1-12-15(7-8-20-12)18(2)10-14(19)11-21-16-6-4-3-5-13(16)9-17/h3-6,12,14-15,19H,7-11,17H2,1-2H3. The van der Waals surface area contributed by atoms with E-state index in [0.29, 0.717) is 19.1 Å². The molecule has 1 aliphatic rings. The summed E-state index contributed by atoms with van der Waals surface area (Å²) in [6.07, 6.45) is 0.705. The van der Waals surface area contributed by atoms with Crippen LogP contribution < -0.4 is 10.5 Å². The fourth-order valence-corrected chi connectivity index (χ4v) is 2.82. The largest absolute Gasteiger partial charge is 0.491 e. The molecule has 0 radical (unpaired) electrons. The summed E-state index contributed by atoms with van der Waals surface area (Å²) in [6, 6.07) is 8.03. The van der Waals surface area contributed by atoms with Crippen molar-refractivity contribution in [1.82, 2.24) is 4.90 Å². The zero-order valence-corrected chi connectivity index (χ0v) is 12.9. The van der Waals surface area contributed by atoms with Gasteiger partial charge in [-0.25, -0.2) is 0 Å². The van der Waals surface area contributed by atoms with Gasteiger partial charge in [0.05, 0.1) is 6.10 Å². The van der Waals surface area contributed by atoms with Crippen LogP contribution in [0.3, 0.4) is 0 Å². The molecule has 5 heteroatoms. The van der Waals surface area contributed by atoms with E-state index in [4.69, 9.17) is 15.2 Å². The lowest BCUT2D eigenvalue weighted by Crippen LogP contribution is -2.42. The SMILES string of the molecule is CC1OCCC1N(C)CC(O)COc1ccccc1CN. The monoisotopic (exact) mass is 294 g/mol. The van der Waals surface area contributed by atoms with Crippen LogP contribution >= 0.6 is 0 Å². The summed E-state index contributed by atoms with van der Waals surface area (Å²) in [6.45, 7) is 4.15. The summed E-state index contributed by atoms with van der Waals surface area (Å²) in [4.78, 5) is 2.15. The molecule has 1 saturated heterocycles. The molecule has 0 spiro atoms. The fraction of sp³-hybridized carbons (Fsp3) is 0.625. The number of nitrogens with two attached hydrogens (primary N) is 1. The maximum Gasteiger partial charge on any atom is 0.123 e. The van der Waals surface area contributed by atoms with E-state index in [0.717, 1.165) is 24.3 Å². The lowest BCUT2D eigenvalue weighted by Gasteiger charge is -2.28. The number of hydrogen-bond donors (Lipinski definition) is 2. The molecule has 5 nitrogen and oxygen atoms in total. The second-order valence-corrected chi connectivity index (χ2v) is 5.65. The van der Waals surface area contributed by atoms with Crippen LogP contribution in [0.2, 0.25) is 0 Å². The number of benzene rings is 1. The Morgan fingerprint density at radius 1 is 1.48 bits per heavy atom. The Bertz CT molecular complexity index is 441. The summed E-state index contributed by atoms with van der Waals surface area (Å²) < 4.78 is 11.3. The minimum absolute atomic E-state index is 0.223. The number of hydrogen-bond acceptors (Lipinski definition) is 5. The third kappa shape index (κ3) is 4.41. The number of nitrogens with zero attached hydrogens (tertiary/aromatic N) is 1. The van der Waals surface area contributed by atoms with Gasteiger partial charge in [-0.05, 0) is 26.5 Å². The molecule has 0 bridgehead atoms. The number of para-hydroxylation sites is 1. The van der Waals surface area contributed by atoms with Gasteiger partial charge in [-0.15, -0.1) is 0 Å². The van der Waals surface area contributed by atoms with Gasteiger partial charge in [0.15, 0.2) is 0 Å². The van der Waals surface area contributed by atoms with E-state index in [-0.39, 0.29) is 12.7 Å². The van der Waals surface area contributed by atoms with Crippen LogP contribution in [0, 0.1) is 0 Å². The van der Waals surface area contributed by atoms with Crippen LogP contribution in [-0.2, 0) is 11.3 Å². The van der Waals surface area contributed by atoms with Crippen molar-refractivity contribution in [2.75, 3.05) is 26.8 Å². The van der Waals surface area contributed by atoms with E-state index >= 15 is 0 Å². The highest BCUT2D eigenvalue weighted by molar-refractivity contribution is 5.32. The molecule has 0 aromatic heterocycles. The van der Waals surface area contributed by atoms with Gasteiger partial charge in [0.1, 0.15) is 18.5 Å². The van der Waals surface area contributed by atoms with Crippen LogP contribution in [0.5, 0.6) is 5.75 Å². The van der Waals surface area contributed by atoms with Crippen molar-refractivity contribution in [3.63, 3.8) is 0 Å². The number of aliphatic hydroxyl groups excluding tert-OH is 1. The predicted molar refractivity (Wildman–Crippen MR) is 82.3 cm³/mol. The minimum atomic E-state index is -0.534. The van der Waals surface area contributed by atoms with Gasteiger partial charge in [0.25, 0.3) is 0 Å². The Kier molecular flexibility index (Phi) is 5.99. The second kappa shape index (κ2) is 7.75. The van der Waals surface area contributed by atoms with Crippen molar-refractivity contribution in [2.24, 2.45) is 5.73 Å². The van der Waals surface area contributed by atoms with Crippen molar-refractivity contribution in [2.45, 2.75) is 38.1 Å². The lowest BCUT2D eigenvalue weighted by molar-refractivity contribution is 0.0399. The molecular formula is C16H26N2O3. The van der Waals surface area contributed by atoms with Gasteiger partial charge >= 0.3 is 0 Å². The highest BCUT2D eigenvalue weighted by Crippen LogP contribution is 2.19. The van der Waals surface area contributed by atoms with Gasteiger partial charge in [-0.2, -0.15) is 0 Å². The third-order valence-corrected chi connectivity index (χ3v) is 4.02. The number of likely N-dealkylation sites (N-methyl/N-ethyl adjacent to an activating group) is 1. The number of aliphatic hydroxyl groups is 1. The summed E-state index contributed by atoms with van der Waals surface area (Å²) in [5.41, 5.74) is 6.63. The number of rotatable bonds is 7. The Morgan fingerprint density at radius 2 is 2.24 bits per heavy atom. The molecule has 118 valence electrons. The average molecular weight is 294 g/mol. The Morgan fingerprint density at radius 3 is 2.90 bits per heavy atom. The predicted octanol–water partition coefficient (Wildman–Crippen LogP) is 0.994. The van der Waals surface area contributed by atoms with E-state index in [9.17, 15) is 5.11 Å². The van der Waals surface area contributed by atoms with Crippen LogP contribution in [-0.4, -0.2) is 55.1 Å². The zero-order chi connectivity index (χ0) is 15.2. The van der Waals surface area contributed by atoms with Crippen LogP contribution in [0.25, 0.3) is 0 Å². The lowest BCUT2D eigenvalue weighted by atomic mass is 10.1. The highest BCUT2D eigenvalue weighted by Gasteiger charge is 2.28. The first kappa shape index (κ1) is 16.2.